The Balaban J connectivity index is 1.98. The first-order valence-electron chi connectivity index (χ1n) is 5.92. The van der Waals surface area contributed by atoms with Crippen molar-refractivity contribution in [2.75, 3.05) is 13.1 Å². The largest absolute Gasteiger partial charge is 0.375 e. The van der Waals surface area contributed by atoms with Crippen LogP contribution in [0.4, 0.5) is 0 Å². The monoisotopic (exact) mass is 177 g/mol. The molecule has 0 amide bonds. The van der Waals surface area contributed by atoms with Gasteiger partial charge in [-0.05, 0) is 50.9 Å². The number of hydrogen-bond donors (Lipinski definition) is 0. The summed E-state index contributed by atoms with van der Waals surface area (Å²) in [6.07, 6.45) is 10.1. The lowest BCUT2D eigenvalue weighted by Crippen LogP contribution is -2.38. The molecule has 1 atom stereocenters. The minimum Gasteiger partial charge on any atom is -0.375 e. The second-order valence-corrected chi connectivity index (χ2v) is 4.81. The molecular weight excluding hydrogens is 158 g/mol. The standard InChI is InChI=1S/C12H19N/c1-4-10-6-2-8-13-9-3-7-11(5-1)12(10)13/h10H,1-9H2. The first-order valence-corrected chi connectivity index (χ1v) is 5.92. The van der Waals surface area contributed by atoms with Gasteiger partial charge in [-0.3, -0.25) is 0 Å². The summed E-state index contributed by atoms with van der Waals surface area (Å²) in [6, 6.07) is 0. The Hall–Kier alpha value is -0.460. The molecule has 0 radical (unpaired) electrons. The van der Waals surface area contributed by atoms with Crippen LogP contribution in [0.1, 0.15) is 44.9 Å². The lowest BCUT2D eigenvalue weighted by Gasteiger charge is -2.44. The highest BCUT2D eigenvalue weighted by Gasteiger charge is 2.31. The first-order chi connectivity index (χ1) is 6.45. The number of rotatable bonds is 0. The number of nitrogens with zero attached hydrogens (tertiary/aromatic N) is 1. The maximum atomic E-state index is 2.70. The van der Waals surface area contributed by atoms with E-state index in [1.54, 1.807) is 0 Å². The van der Waals surface area contributed by atoms with Crippen molar-refractivity contribution < 1.29 is 0 Å². The highest BCUT2D eigenvalue weighted by molar-refractivity contribution is 5.23. The predicted octanol–water partition coefficient (Wildman–Crippen LogP) is 2.93. The molecule has 1 unspecified atom stereocenters. The van der Waals surface area contributed by atoms with Crippen molar-refractivity contribution in [2.24, 2.45) is 5.92 Å². The van der Waals surface area contributed by atoms with Gasteiger partial charge in [0.15, 0.2) is 0 Å². The molecule has 3 rings (SSSR count). The molecule has 3 aliphatic rings. The van der Waals surface area contributed by atoms with Crippen LogP contribution >= 0.6 is 0 Å². The van der Waals surface area contributed by atoms with Crippen LogP contribution in [0.2, 0.25) is 0 Å². The van der Waals surface area contributed by atoms with E-state index in [0.29, 0.717) is 0 Å². The molecular formula is C12H19N. The van der Waals surface area contributed by atoms with Crippen molar-refractivity contribution in [3.05, 3.63) is 11.3 Å². The van der Waals surface area contributed by atoms with Crippen molar-refractivity contribution in [3.63, 3.8) is 0 Å². The van der Waals surface area contributed by atoms with E-state index in [-0.39, 0.29) is 0 Å². The lowest BCUT2D eigenvalue weighted by molar-refractivity contribution is 0.199. The van der Waals surface area contributed by atoms with E-state index in [1.165, 1.54) is 58.0 Å². The van der Waals surface area contributed by atoms with Crippen molar-refractivity contribution in [3.8, 4) is 0 Å². The van der Waals surface area contributed by atoms with Crippen LogP contribution in [0, 0.1) is 5.92 Å². The van der Waals surface area contributed by atoms with Crippen LogP contribution < -0.4 is 0 Å². The van der Waals surface area contributed by atoms with Gasteiger partial charge in [0, 0.05) is 18.8 Å². The second kappa shape index (κ2) is 3.04. The molecule has 13 heavy (non-hydrogen) atoms. The van der Waals surface area contributed by atoms with Crippen LogP contribution in [-0.2, 0) is 0 Å². The van der Waals surface area contributed by atoms with Gasteiger partial charge >= 0.3 is 0 Å². The van der Waals surface area contributed by atoms with Gasteiger partial charge in [-0.15, -0.1) is 0 Å². The Labute approximate surface area is 80.8 Å². The van der Waals surface area contributed by atoms with Crippen molar-refractivity contribution >= 4 is 0 Å². The topological polar surface area (TPSA) is 3.24 Å². The van der Waals surface area contributed by atoms with Crippen molar-refractivity contribution in [1.82, 2.24) is 4.90 Å². The van der Waals surface area contributed by atoms with Crippen LogP contribution in [0.3, 0.4) is 0 Å². The summed E-state index contributed by atoms with van der Waals surface area (Å²) >= 11 is 0. The van der Waals surface area contributed by atoms with Gasteiger partial charge in [-0.25, -0.2) is 0 Å². The Kier molecular flexibility index (Phi) is 1.85. The molecule has 1 nitrogen and oxygen atoms in total. The summed E-state index contributed by atoms with van der Waals surface area (Å²) < 4.78 is 0. The zero-order valence-corrected chi connectivity index (χ0v) is 8.39. The van der Waals surface area contributed by atoms with Crippen LogP contribution in [0.5, 0.6) is 0 Å². The maximum absolute atomic E-state index is 2.70. The number of allylic oxidation sites excluding steroid dienone is 2. The van der Waals surface area contributed by atoms with Crippen LogP contribution in [0.25, 0.3) is 0 Å². The maximum Gasteiger partial charge on any atom is 0.0178 e. The quantitative estimate of drug-likeness (QED) is 0.550. The molecule has 0 aromatic rings. The summed E-state index contributed by atoms with van der Waals surface area (Å²) in [6.45, 7) is 2.71. The molecule has 2 aliphatic heterocycles. The molecule has 0 aromatic heterocycles. The van der Waals surface area contributed by atoms with Crippen LogP contribution in [0.15, 0.2) is 11.3 Å². The second-order valence-electron chi connectivity index (χ2n) is 4.81. The molecule has 0 aromatic carbocycles. The van der Waals surface area contributed by atoms with Gasteiger partial charge in [0.1, 0.15) is 0 Å². The van der Waals surface area contributed by atoms with E-state index in [9.17, 15) is 0 Å². The molecule has 1 aliphatic carbocycles. The van der Waals surface area contributed by atoms with E-state index in [2.05, 4.69) is 4.90 Å². The molecule has 2 heterocycles. The van der Waals surface area contributed by atoms with E-state index < -0.39 is 0 Å². The lowest BCUT2D eigenvalue weighted by atomic mass is 9.78. The third-order valence-corrected chi connectivity index (χ3v) is 4.01. The fourth-order valence-corrected chi connectivity index (χ4v) is 3.50. The minimum absolute atomic E-state index is 0.970. The molecule has 0 saturated carbocycles. The van der Waals surface area contributed by atoms with Gasteiger partial charge in [-0.1, -0.05) is 5.57 Å². The summed E-state index contributed by atoms with van der Waals surface area (Å²) in [5.41, 5.74) is 3.64. The molecule has 1 heteroatoms. The number of hydrogen-bond acceptors (Lipinski definition) is 1. The Morgan fingerprint density at radius 3 is 2.69 bits per heavy atom. The summed E-state index contributed by atoms with van der Waals surface area (Å²) in [5.74, 6) is 0.970. The molecule has 0 N–H and O–H groups in total. The van der Waals surface area contributed by atoms with Gasteiger partial charge < -0.3 is 4.90 Å². The van der Waals surface area contributed by atoms with Gasteiger partial charge in [0.25, 0.3) is 0 Å². The fraction of sp³-hybridized carbons (Fsp3) is 0.833. The Bertz CT molecular complexity index is 220. The van der Waals surface area contributed by atoms with E-state index in [1.807, 2.05) is 11.3 Å². The summed E-state index contributed by atoms with van der Waals surface area (Å²) in [4.78, 5) is 2.70. The zero-order chi connectivity index (χ0) is 8.67. The summed E-state index contributed by atoms with van der Waals surface area (Å²) in [5, 5.41) is 0. The van der Waals surface area contributed by atoms with Gasteiger partial charge in [0.05, 0.1) is 0 Å². The first kappa shape index (κ1) is 7.90. The van der Waals surface area contributed by atoms with E-state index in [4.69, 9.17) is 0 Å². The smallest absolute Gasteiger partial charge is 0.0178 e. The molecule has 0 spiro atoms. The average molecular weight is 177 g/mol. The molecule has 0 bridgehead atoms. The van der Waals surface area contributed by atoms with Gasteiger partial charge in [0.2, 0.25) is 0 Å². The number of piperidine rings is 1. The van der Waals surface area contributed by atoms with E-state index >= 15 is 0 Å². The van der Waals surface area contributed by atoms with Gasteiger partial charge in [-0.2, -0.15) is 0 Å². The van der Waals surface area contributed by atoms with E-state index in [0.717, 1.165) is 5.92 Å². The Morgan fingerprint density at radius 1 is 0.923 bits per heavy atom. The summed E-state index contributed by atoms with van der Waals surface area (Å²) in [7, 11) is 0. The molecule has 1 fully saturated rings. The third-order valence-electron chi connectivity index (χ3n) is 4.01. The SMILES string of the molecule is C1CC2=C3C(C1)CCCN3CCC2. The minimum atomic E-state index is 0.970. The zero-order valence-electron chi connectivity index (χ0n) is 8.39. The average Bonchev–Trinajstić information content (AvgIpc) is 2.19. The highest BCUT2D eigenvalue weighted by atomic mass is 15.2. The van der Waals surface area contributed by atoms with Crippen LogP contribution in [-0.4, -0.2) is 18.0 Å². The molecule has 1 saturated heterocycles. The normalized spacial score (nSPS) is 33.2. The highest BCUT2D eigenvalue weighted by Crippen LogP contribution is 2.42. The third kappa shape index (κ3) is 1.20. The molecule has 72 valence electrons. The predicted molar refractivity (Wildman–Crippen MR) is 54.4 cm³/mol. The fourth-order valence-electron chi connectivity index (χ4n) is 3.50. The van der Waals surface area contributed by atoms with Crippen molar-refractivity contribution in [2.45, 2.75) is 44.9 Å². The van der Waals surface area contributed by atoms with Crippen molar-refractivity contribution in [1.29, 1.82) is 0 Å². The Morgan fingerprint density at radius 2 is 1.69 bits per heavy atom.